The van der Waals surface area contributed by atoms with E-state index in [1.165, 1.54) is 12.1 Å². The number of nitro groups is 1. The molecule has 0 heterocycles. The van der Waals surface area contributed by atoms with Gasteiger partial charge in [-0.05, 0) is 5.56 Å². The Morgan fingerprint density at radius 3 is 2.00 bits per heavy atom. The maximum atomic E-state index is 13.6. The van der Waals surface area contributed by atoms with E-state index in [1.807, 2.05) is 0 Å². The lowest BCUT2D eigenvalue weighted by Crippen LogP contribution is -1.95. The first kappa shape index (κ1) is 11.2. The molecule has 0 amide bonds. The molecular formula is C12H7F2NO2. The molecule has 2 aromatic carbocycles. The first-order chi connectivity index (χ1) is 8.09. The van der Waals surface area contributed by atoms with Crippen LogP contribution in [0.4, 0.5) is 14.5 Å². The highest BCUT2D eigenvalue weighted by Crippen LogP contribution is 2.29. The molecule has 86 valence electrons. The van der Waals surface area contributed by atoms with Gasteiger partial charge < -0.3 is 0 Å². The van der Waals surface area contributed by atoms with E-state index < -0.39 is 22.2 Å². The summed E-state index contributed by atoms with van der Waals surface area (Å²) in [4.78, 5) is 9.59. The van der Waals surface area contributed by atoms with Crippen LogP contribution in [0.5, 0.6) is 0 Å². The molecule has 0 fully saturated rings. The first-order valence-electron chi connectivity index (χ1n) is 4.78. The zero-order chi connectivity index (χ0) is 12.4. The zero-order valence-corrected chi connectivity index (χ0v) is 8.56. The number of rotatable bonds is 2. The van der Waals surface area contributed by atoms with Crippen LogP contribution in [-0.2, 0) is 0 Å². The lowest BCUT2D eigenvalue weighted by Gasteiger charge is -2.04. The standard InChI is InChI=1S/C12H7F2NO2/c13-10-6-9(15(16)17)7-11(14)12(10)8-4-2-1-3-5-8/h1-7H. The third-order valence-electron chi connectivity index (χ3n) is 2.30. The van der Waals surface area contributed by atoms with E-state index in [0.29, 0.717) is 17.7 Å². The van der Waals surface area contributed by atoms with Gasteiger partial charge in [-0.15, -0.1) is 0 Å². The minimum absolute atomic E-state index is 0.254. The molecule has 0 aliphatic carbocycles. The highest BCUT2D eigenvalue weighted by atomic mass is 19.1. The lowest BCUT2D eigenvalue weighted by atomic mass is 10.0. The molecule has 5 heteroatoms. The maximum Gasteiger partial charge on any atom is 0.275 e. The van der Waals surface area contributed by atoms with Crippen molar-refractivity contribution in [2.24, 2.45) is 0 Å². The third-order valence-corrected chi connectivity index (χ3v) is 2.30. The largest absolute Gasteiger partial charge is 0.275 e. The van der Waals surface area contributed by atoms with Crippen molar-refractivity contribution in [2.45, 2.75) is 0 Å². The highest BCUT2D eigenvalue weighted by molar-refractivity contribution is 5.66. The van der Waals surface area contributed by atoms with Gasteiger partial charge in [0.05, 0.1) is 22.6 Å². The average molecular weight is 235 g/mol. The Bertz CT molecular complexity index is 547. The Hall–Kier alpha value is -2.30. The molecule has 0 aliphatic rings. The van der Waals surface area contributed by atoms with Crippen LogP contribution in [0.2, 0.25) is 0 Å². The van der Waals surface area contributed by atoms with E-state index in [1.54, 1.807) is 18.2 Å². The topological polar surface area (TPSA) is 43.1 Å². The Morgan fingerprint density at radius 2 is 1.53 bits per heavy atom. The van der Waals surface area contributed by atoms with E-state index in [-0.39, 0.29) is 5.56 Å². The molecule has 0 aliphatic heterocycles. The van der Waals surface area contributed by atoms with Gasteiger partial charge in [-0.2, -0.15) is 0 Å². The van der Waals surface area contributed by atoms with Crippen molar-refractivity contribution in [3.63, 3.8) is 0 Å². The van der Waals surface area contributed by atoms with E-state index >= 15 is 0 Å². The number of hydrogen-bond donors (Lipinski definition) is 0. The third kappa shape index (κ3) is 2.13. The first-order valence-corrected chi connectivity index (χ1v) is 4.78. The summed E-state index contributed by atoms with van der Waals surface area (Å²) in [5.74, 6) is -1.88. The predicted octanol–water partition coefficient (Wildman–Crippen LogP) is 3.54. The van der Waals surface area contributed by atoms with Gasteiger partial charge in [-0.1, -0.05) is 30.3 Å². The minimum Gasteiger partial charge on any atom is -0.258 e. The van der Waals surface area contributed by atoms with E-state index in [2.05, 4.69) is 0 Å². The van der Waals surface area contributed by atoms with Crippen LogP contribution >= 0.6 is 0 Å². The van der Waals surface area contributed by atoms with Crippen LogP contribution in [0.3, 0.4) is 0 Å². The minimum atomic E-state index is -0.942. The van der Waals surface area contributed by atoms with Gasteiger partial charge in [0, 0.05) is 0 Å². The second-order valence-corrected chi connectivity index (χ2v) is 3.41. The molecule has 0 atom stereocenters. The van der Waals surface area contributed by atoms with Gasteiger partial charge in [0.1, 0.15) is 11.6 Å². The number of nitrogens with zero attached hydrogens (tertiary/aromatic N) is 1. The van der Waals surface area contributed by atoms with Gasteiger partial charge in [0.15, 0.2) is 0 Å². The molecule has 2 aromatic rings. The molecule has 3 nitrogen and oxygen atoms in total. The van der Waals surface area contributed by atoms with E-state index in [4.69, 9.17) is 0 Å². The van der Waals surface area contributed by atoms with Crippen LogP contribution in [0, 0.1) is 21.7 Å². The Kier molecular flexibility index (Phi) is 2.82. The van der Waals surface area contributed by atoms with Crippen LogP contribution in [0.15, 0.2) is 42.5 Å². The number of benzene rings is 2. The van der Waals surface area contributed by atoms with Crippen molar-refractivity contribution >= 4 is 5.69 Å². The summed E-state index contributed by atoms with van der Waals surface area (Å²) >= 11 is 0. The number of nitro benzene ring substituents is 1. The van der Waals surface area contributed by atoms with Crippen LogP contribution in [0.25, 0.3) is 11.1 Å². The molecule has 0 bridgehead atoms. The van der Waals surface area contributed by atoms with Crippen molar-refractivity contribution in [2.75, 3.05) is 0 Å². The Balaban J connectivity index is 2.61. The number of non-ortho nitro benzene ring substituents is 1. The van der Waals surface area contributed by atoms with Crippen molar-refractivity contribution < 1.29 is 13.7 Å². The van der Waals surface area contributed by atoms with E-state index in [0.717, 1.165) is 0 Å². The molecule has 17 heavy (non-hydrogen) atoms. The molecule has 0 spiro atoms. The van der Waals surface area contributed by atoms with Crippen molar-refractivity contribution in [1.82, 2.24) is 0 Å². The van der Waals surface area contributed by atoms with E-state index in [9.17, 15) is 18.9 Å². The smallest absolute Gasteiger partial charge is 0.258 e. The fraction of sp³-hybridized carbons (Fsp3) is 0. The molecule has 0 aromatic heterocycles. The van der Waals surface area contributed by atoms with Crippen molar-refractivity contribution in [3.8, 4) is 11.1 Å². The lowest BCUT2D eigenvalue weighted by molar-refractivity contribution is -0.385. The second kappa shape index (κ2) is 4.29. The summed E-state index contributed by atoms with van der Waals surface area (Å²) in [6, 6.07) is 9.48. The molecule has 2 rings (SSSR count). The van der Waals surface area contributed by atoms with Gasteiger partial charge >= 0.3 is 0 Å². The molecular weight excluding hydrogens is 228 g/mol. The summed E-state index contributed by atoms with van der Waals surface area (Å²) in [6.07, 6.45) is 0. The zero-order valence-electron chi connectivity index (χ0n) is 8.56. The van der Waals surface area contributed by atoms with Gasteiger partial charge in [0.25, 0.3) is 5.69 Å². The fourth-order valence-electron chi connectivity index (χ4n) is 1.55. The van der Waals surface area contributed by atoms with Crippen LogP contribution in [0.1, 0.15) is 0 Å². The van der Waals surface area contributed by atoms with Crippen molar-refractivity contribution in [1.29, 1.82) is 0 Å². The summed E-state index contributed by atoms with van der Waals surface area (Å²) in [5.41, 5.74) is -0.506. The summed E-state index contributed by atoms with van der Waals surface area (Å²) in [6.45, 7) is 0. The SMILES string of the molecule is O=[N+]([O-])c1cc(F)c(-c2ccccc2)c(F)c1. The number of halogens is 2. The van der Waals surface area contributed by atoms with Crippen molar-refractivity contribution in [3.05, 3.63) is 64.2 Å². The summed E-state index contributed by atoms with van der Waals surface area (Å²) in [5, 5.41) is 10.4. The van der Waals surface area contributed by atoms with Gasteiger partial charge in [-0.3, -0.25) is 10.1 Å². The van der Waals surface area contributed by atoms with Crippen LogP contribution < -0.4 is 0 Å². The normalized spacial score (nSPS) is 10.2. The molecule has 0 saturated carbocycles. The average Bonchev–Trinajstić information content (AvgIpc) is 2.29. The summed E-state index contributed by atoms with van der Waals surface area (Å²) in [7, 11) is 0. The van der Waals surface area contributed by atoms with Gasteiger partial charge in [-0.25, -0.2) is 8.78 Å². The quantitative estimate of drug-likeness (QED) is 0.590. The monoisotopic (exact) mass is 235 g/mol. The fourth-order valence-corrected chi connectivity index (χ4v) is 1.55. The Morgan fingerprint density at radius 1 is 1.00 bits per heavy atom. The molecule has 0 radical (unpaired) electrons. The van der Waals surface area contributed by atoms with Gasteiger partial charge in [0.2, 0.25) is 0 Å². The summed E-state index contributed by atoms with van der Waals surface area (Å²) < 4.78 is 27.2. The second-order valence-electron chi connectivity index (χ2n) is 3.41. The molecule has 0 unspecified atom stereocenters. The van der Waals surface area contributed by atoms with Crippen LogP contribution in [-0.4, -0.2) is 4.92 Å². The highest BCUT2D eigenvalue weighted by Gasteiger charge is 2.17. The predicted molar refractivity (Wildman–Crippen MR) is 58.4 cm³/mol. The molecule has 0 N–H and O–H groups in total. The maximum absolute atomic E-state index is 13.6. The Labute approximate surface area is 95.5 Å². The molecule has 0 saturated heterocycles. The number of hydrogen-bond acceptors (Lipinski definition) is 2.